The lowest BCUT2D eigenvalue weighted by Gasteiger charge is -2.26. The van der Waals surface area contributed by atoms with Crippen molar-refractivity contribution in [2.24, 2.45) is 0 Å². The SMILES string of the molecule is Cc1cnc(C(=O)OCC(=O)N2CCOCC2)cn1. The van der Waals surface area contributed by atoms with E-state index in [-0.39, 0.29) is 18.2 Å². The Morgan fingerprint density at radius 2 is 2.05 bits per heavy atom. The Morgan fingerprint density at radius 3 is 2.68 bits per heavy atom. The van der Waals surface area contributed by atoms with Gasteiger partial charge >= 0.3 is 5.97 Å². The van der Waals surface area contributed by atoms with Crippen molar-refractivity contribution >= 4 is 11.9 Å². The molecule has 0 aliphatic carbocycles. The third-order valence-electron chi connectivity index (χ3n) is 2.68. The van der Waals surface area contributed by atoms with Crippen LogP contribution in [0, 0.1) is 6.92 Å². The first-order valence-electron chi connectivity index (χ1n) is 5.98. The molecule has 2 heterocycles. The number of carbonyl (C=O) groups is 2. The van der Waals surface area contributed by atoms with E-state index >= 15 is 0 Å². The van der Waals surface area contributed by atoms with Gasteiger partial charge in [-0.15, -0.1) is 0 Å². The molecular formula is C12H15N3O4. The highest BCUT2D eigenvalue weighted by atomic mass is 16.5. The highest BCUT2D eigenvalue weighted by Gasteiger charge is 2.19. The average molecular weight is 265 g/mol. The number of amides is 1. The van der Waals surface area contributed by atoms with Crippen LogP contribution in [0.1, 0.15) is 16.2 Å². The summed E-state index contributed by atoms with van der Waals surface area (Å²) in [6.45, 7) is 3.58. The zero-order valence-corrected chi connectivity index (χ0v) is 10.7. The molecule has 1 aromatic rings. The van der Waals surface area contributed by atoms with Crippen LogP contribution in [0.4, 0.5) is 0 Å². The van der Waals surface area contributed by atoms with Crippen molar-refractivity contribution in [3.63, 3.8) is 0 Å². The first kappa shape index (κ1) is 13.4. The number of esters is 1. The second kappa shape index (κ2) is 6.24. The number of rotatable bonds is 3. The number of nitrogens with zero attached hydrogens (tertiary/aromatic N) is 3. The molecule has 7 nitrogen and oxygen atoms in total. The number of aryl methyl sites for hydroxylation is 1. The molecule has 0 atom stereocenters. The van der Waals surface area contributed by atoms with Gasteiger partial charge in [-0.25, -0.2) is 9.78 Å². The van der Waals surface area contributed by atoms with E-state index in [0.29, 0.717) is 32.0 Å². The molecule has 1 aliphatic heterocycles. The third kappa shape index (κ3) is 3.72. The van der Waals surface area contributed by atoms with Gasteiger partial charge in [0, 0.05) is 19.3 Å². The number of hydrogen-bond acceptors (Lipinski definition) is 6. The quantitative estimate of drug-likeness (QED) is 0.704. The van der Waals surface area contributed by atoms with Crippen LogP contribution in [0.2, 0.25) is 0 Å². The van der Waals surface area contributed by atoms with E-state index in [0.717, 1.165) is 0 Å². The van der Waals surface area contributed by atoms with Crippen molar-refractivity contribution in [3.05, 3.63) is 23.8 Å². The summed E-state index contributed by atoms with van der Waals surface area (Å²) in [7, 11) is 0. The van der Waals surface area contributed by atoms with E-state index < -0.39 is 5.97 Å². The predicted octanol–water partition coefficient (Wildman–Crippen LogP) is -0.199. The summed E-state index contributed by atoms with van der Waals surface area (Å²) in [5, 5.41) is 0. The fourth-order valence-corrected chi connectivity index (χ4v) is 1.60. The molecule has 0 aromatic carbocycles. The molecule has 0 bridgehead atoms. The van der Waals surface area contributed by atoms with Gasteiger partial charge in [-0.3, -0.25) is 9.78 Å². The van der Waals surface area contributed by atoms with Gasteiger partial charge in [-0.05, 0) is 6.92 Å². The highest BCUT2D eigenvalue weighted by molar-refractivity contribution is 5.89. The Kier molecular flexibility index (Phi) is 4.40. The Labute approximate surface area is 110 Å². The van der Waals surface area contributed by atoms with Gasteiger partial charge < -0.3 is 14.4 Å². The lowest BCUT2D eigenvalue weighted by atomic mass is 10.4. The molecule has 0 radical (unpaired) electrons. The largest absolute Gasteiger partial charge is 0.451 e. The number of morpholine rings is 1. The first-order valence-corrected chi connectivity index (χ1v) is 5.98. The van der Waals surface area contributed by atoms with Crippen molar-refractivity contribution in [3.8, 4) is 0 Å². The number of hydrogen-bond donors (Lipinski definition) is 0. The minimum absolute atomic E-state index is 0.0976. The molecular weight excluding hydrogens is 250 g/mol. The van der Waals surface area contributed by atoms with E-state index in [4.69, 9.17) is 9.47 Å². The van der Waals surface area contributed by atoms with E-state index in [1.54, 1.807) is 11.8 Å². The zero-order valence-electron chi connectivity index (χ0n) is 10.7. The van der Waals surface area contributed by atoms with Crippen molar-refractivity contribution in [2.45, 2.75) is 6.92 Å². The summed E-state index contributed by atoms with van der Waals surface area (Å²) in [6, 6.07) is 0. The van der Waals surface area contributed by atoms with Crippen LogP contribution in [-0.2, 0) is 14.3 Å². The molecule has 1 fully saturated rings. The standard InChI is InChI=1S/C12H15N3O4/c1-9-6-14-10(7-13-9)12(17)19-8-11(16)15-2-4-18-5-3-15/h6-7H,2-5,8H2,1H3. The van der Waals surface area contributed by atoms with Gasteiger partial charge in [-0.2, -0.15) is 0 Å². The Bertz CT molecular complexity index is 455. The number of ether oxygens (including phenoxy) is 2. The molecule has 1 amide bonds. The van der Waals surface area contributed by atoms with Gasteiger partial charge in [0.2, 0.25) is 0 Å². The second-order valence-corrected chi connectivity index (χ2v) is 4.11. The Hall–Kier alpha value is -2.02. The molecule has 2 rings (SSSR count). The normalized spacial score (nSPS) is 15.1. The lowest BCUT2D eigenvalue weighted by molar-refractivity contribution is -0.138. The minimum Gasteiger partial charge on any atom is -0.451 e. The smallest absolute Gasteiger partial charge is 0.359 e. The monoisotopic (exact) mass is 265 g/mol. The van der Waals surface area contributed by atoms with E-state index in [2.05, 4.69) is 9.97 Å². The van der Waals surface area contributed by atoms with Gasteiger partial charge in [0.1, 0.15) is 0 Å². The number of aromatic nitrogens is 2. The van der Waals surface area contributed by atoms with Crippen LogP contribution in [-0.4, -0.2) is 59.7 Å². The van der Waals surface area contributed by atoms with Crippen LogP contribution >= 0.6 is 0 Å². The van der Waals surface area contributed by atoms with E-state index in [9.17, 15) is 9.59 Å². The van der Waals surface area contributed by atoms with Crippen molar-refractivity contribution in [1.29, 1.82) is 0 Å². The van der Waals surface area contributed by atoms with Crippen LogP contribution < -0.4 is 0 Å². The molecule has 0 N–H and O–H groups in total. The second-order valence-electron chi connectivity index (χ2n) is 4.11. The maximum Gasteiger partial charge on any atom is 0.359 e. The summed E-state index contributed by atoms with van der Waals surface area (Å²) in [5.41, 5.74) is 0.807. The summed E-state index contributed by atoms with van der Waals surface area (Å²) in [6.07, 6.45) is 2.80. The van der Waals surface area contributed by atoms with Crippen molar-refractivity contribution in [1.82, 2.24) is 14.9 Å². The maximum atomic E-state index is 11.7. The van der Waals surface area contributed by atoms with Crippen LogP contribution in [0.3, 0.4) is 0 Å². The summed E-state index contributed by atoms with van der Waals surface area (Å²) >= 11 is 0. The van der Waals surface area contributed by atoms with E-state index in [1.165, 1.54) is 12.4 Å². The van der Waals surface area contributed by atoms with Gasteiger partial charge in [0.05, 0.1) is 25.1 Å². The molecule has 19 heavy (non-hydrogen) atoms. The fraction of sp³-hybridized carbons (Fsp3) is 0.500. The minimum atomic E-state index is -0.644. The summed E-state index contributed by atoms with van der Waals surface area (Å²) in [5.74, 6) is -0.870. The zero-order chi connectivity index (χ0) is 13.7. The molecule has 1 saturated heterocycles. The van der Waals surface area contributed by atoms with Gasteiger partial charge in [0.25, 0.3) is 5.91 Å². The highest BCUT2D eigenvalue weighted by Crippen LogP contribution is 2.00. The molecule has 102 valence electrons. The van der Waals surface area contributed by atoms with Crippen molar-refractivity contribution in [2.75, 3.05) is 32.9 Å². The molecule has 0 unspecified atom stereocenters. The summed E-state index contributed by atoms with van der Waals surface area (Å²) < 4.78 is 10.0. The summed E-state index contributed by atoms with van der Waals surface area (Å²) in [4.78, 5) is 32.8. The number of carbonyl (C=O) groups excluding carboxylic acids is 2. The van der Waals surface area contributed by atoms with Gasteiger partial charge in [-0.1, -0.05) is 0 Å². The first-order chi connectivity index (χ1) is 9.16. The van der Waals surface area contributed by atoms with E-state index in [1.807, 2.05) is 0 Å². The molecule has 1 aromatic heterocycles. The van der Waals surface area contributed by atoms with Gasteiger partial charge in [0.15, 0.2) is 12.3 Å². The molecule has 7 heteroatoms. The Balaban J connectivity index is 1.82. The van der Waals surface area contributed by atoms with Crippen LogP contribution in [0.15, 0.2) is 12.4 Å². The third-order valence-corrected chi connectivity index (χ3v) is 2.68. The topological polar surface area (TPSA) is 81.6 Å². The van der Waals surface area contributed by atoms with Crippen LogP contribution in [0.5, 0.6) is 0 Å². The maximum absolute atomic E-state index is 11.7. The predicted molar refractivity (Wildman–Crippen MR) is 64.5 cm³/mol. The van der Waals surface area contributed by atoms with Crippen LogP contribution in [0.25, 0.3) is 0 Å². The van der Waals surface area contributed by atoms with Crippen molar-refractivity contribution < 1.29 is 19.1 Å². The average Bonchev–Trinajstić information content (AvgIpc) is 2.46. The lowest BCUT2D eigenvalue weighted by Crippen LogP contribution is -2.42. The Morgan fingerprint density at radius 1 is 1.32 bits per heavy atom. The molecule has 0 spiro atoms. The fourth-order valence-electron chi connectivity index (χ4n) is 1.60. The molecule has 1 aliphatic rings. The molecule has 0 saturated carbocycles.